The second-order valence-corrected chi connectivity index (χ2v) is 11.2. The Bertz CT molecular complexity index is 736. The van der Waals surface area contributed by atoms with E-state index in [0.717, 1.165) is 19.3 Å². The molecule has 1 heterocycles. The molecule has 5 rings (SSSR count). The largest absolute Gasteiger partial charge is 0.460 e. The van der Waals surface area contributed by atoms with Crippen LogP contribution in [0.15, 0.2) is 0 Å². The maximum absolute atomic E-state index is 12.9. The van der Waals surface area contributed by atoms with Gasteiger partial charge in [0, 0.05) is 0 Å². The fourth-order valence-electron chi connectivity index (χ4n) is 8.31. The molecule has 4 aliphatic carbocycles. The zero-order valence-electron chi connectivity index (χ0n) is 17.5. The van der Waals surface area contributed by atoms with E-state index in [2.05, 4.69) is 6.92 Å². The number of esters is 3. The number of fused-ring (bicyclic) bond motifs is 9. The molecule has 5 fully saturated rings. The van der Waals surface area contributed by atoms with Crippen molar-refractivity contribution in [3.63, 3.8) is 0 Å². The normalized spacial score (nSPS) is 51.5. The molecule has 0 amide bonds. The molecule has 154 valence electrons. The minimum atomic E-state index is -0.451. The lowest BCUT2D eigenvalue weighted by Crippen LogP contribution is -2.45. The van der Waals surface area contributed by atoms with Crippen molar-refractivity contribution >= 4 is 17.9 Å². The Labute approximate surface area is 166 Å². The van der Waals surface area contributed by atoms with Crippen LogP contribution in [0.4, 0.5) is 0 Å². The van der Waals surface area contributed by atoms with E-state index in [1.807, 2.05) is 27.7 Å². The van der Waals surface area contributed by atoms with E-state index in [0.29, 0.717) is 41.4 Å². The summed E-state index contributed by atoms with van der Waals surface area (Å²) in [6.07, 6.45) is 3.26. The van der Waals surface area contributed by atoms with Gasteiger partial charge in [0.1, 0.15) is 5.60 Å². The summed E-state index contributed by atoms with van der Waals surface area (Å²) in [5, 5.41) is 0. The first kappa shape index (κ1) is 18.6. The van der Waals surface area contributed by atoms with Crippen molar-refractivity contribution < 1.29 is 23.9 Å². The monoisotopic (exact) mass is 388 g/mol. The Hall–Kier alpha value is -1.39. The molecule has 4 bridgehead atoms. The molecule has 5 heteroatoms. The third-order valence-corrected chi connectivity index (χ3v) is 8.95. The summed E-state index contributed by atoms with van der Waals surface area (Å²) in [6.45, 7) is 9.92. The van der Waals surface area contributed by atoms with E-state index >= 15 is 0 Å². The summed E-state index contributed by atoms with van der Waals surface area (Å²) in [7, 11) is 0. The van der Waals surface area contributed by atoms with Gasteiger partial charge in [0.2, 0.25) is 0 Å². The fraction of sp³-hybridized carbons (Fsp3) is 0.870. The van der Waals surface area contributed by atoms with Crippen LogP contribution in [0.5, 0.6) is 0 Å². The van der Waals surface area contributed by atoms with Gasteiger partial charge in [-0.05, 0) is 87.4 Å². The molecular weight excluding hydrogens is 356 g/mol. The van der Waals surface area contributed by atoms with Gasteiger partial charge in [-0.25, -0.2) is 0 Å². The fourth-order valence-corrected chi connectivity index (χ4v) is 8.31. The Morgan fingerprint density at radius 1 is 0.929 bits per heavy atom. The number of carbonyl (C=O) groups excluding carboxylic acids is 3. The van der Waals surface area contributed by atoms with Crippen molar-refractivity contribution in [1.82, 2.24) is 0 Å². The molecule has 0 aromatic carbocycles. The van der Waals surface area contributed by atoms with E-state index in [1.165, 1.54) is 0 Å². The summed E-state index contributed by atoms with van der Waals surface area (Å²) < 4.78 is 10.7. The second-order valence-electron chi connectivity index (χ2n) is 11.2. The van der Waals surface area contributed by atoms with Gasteiger partial charge in [-0.2, -0.15) is 0 Å². The molecule has 0 spiro atoms. The van der Waals surface area contributed by atoms with Crippen LogP contribution in [0.1, 0.15) is 53.9 Å². The minimum absolute atomic E-state index is 0.00960. The van der Waals surface area contributed by atoms with Gasteiger partial charge >= 0.3 is 17.9 Å². The summed E-state index contributed by atoms with van der Waals surface area (Å²) in [5.74, 6) is 2.64. The first-order valence-electron chi connectivity index (χ1n) is 11.1. The van der Waals surface area contributed by atoms with Crippen LogP contribution in [-0.2, 0) is 23.9 Å². The number of hydrogen-bond donors (Lipinski definition) is 0. The molecular formula is C23H32O5. The zero-order valence-corrected chi connectivity index (χ0v) is 17.5. The summed E-state index contributed by atoms with van der Waals surface area (Å²) >= 11 is 0. The molecule has 0 aromatic rings. The van der Waals surface area contributed by atoms with Crippen molar-refractivity contribution in [3.8, 4) is 0 Å². The van der Waals surface area contributed by atoms with Gasteiger partial charge in [0.25, 0.3) is 0 Å². The van der Waals surface area contributed by atoms with Crippen molar-refractivity contribution in [2.45, 2.75) is 59.5 Å². The standard InChI is InChI=1S/C23H32O5/c1-9-12-8-15(16(9)17-10(2)20(24)27-22(17)26)19-13-6-11(18(12)19)7-14(13)21(25)28-23(3,4)5/h9-19H,6-8H2,1-5H3. The Morgan fingerprint density at radius 2 is 1.64 bits per heavy atom. The highest BCUT2D eigenvalue weighted by molar-refractivity contribution is 5.96. The van der Waals surface area contributed by atoms with Crippen LogP contribution in [-0.4, -0.2) is 23.5 Å². The second kappa shape index (κ2) is 5.82. The van der Waals surface area contributed by atoms with Gasteiger partial charge < -0.3 is 9.47 Å². The molecule has 11 unspecified atom stereocenters. The maximum Gasteiger partial charge on any atom is 0.317 e. The summed E-state index contributed by atoms with van der Waals surface area (Å²) in [4.78, 5) is 37.3. The number of carbonyl (C=O) groups is 3. The van der Waals surface area contributed by atoms with E-state index in [1.54, 1.807) is 0 Å². The SMILES string of the molecule is CC1C(=O)OC(=O)C1C1C(C)C2CC1C1C3CC(CC3C(=O)OC(C)(C)C)C21. The van der Waals surface area contributed by atoms with Crippen LogP contribution in [0.2, 0.25) is 0 Å². The van der Waals surface area contributed by atoms with E-state index in [4.69, 9.17) is 9.47 Å². The Balaban J connectivity index is 1.40. The van der Waals surface area contributed by atoms with E-state index in [9.17, 15) is 14.4 Å². The topological polar surface area (TPSA) is 69.7 Å². The molecule has 28 heavy (non-hydrogen) atoms. The average molecular weight is 389 g/mol. The number of rotatable bonds is 2. The summed E-state index contributed by atoms with van der Waals surface area (Å²) in [5.41, 5.74) is -0.451. The molecule has 1 aliphatic heterocycles. The number of cyclic esters (lactones) is 2. The molecule has 0 radical (unpaired) electrons. The Morgan fingerprint density at radius 3 is 2.25 bits per heavy atom. The highest BCUT2D eigenvalue weighted by Crippen LogP contribution is 2.72. The molecule has 5 aliphatic rings. The van der Waals surface area contributed by atoms with Gasteiger partial charge in [-0.15, -0.1) is 0 Å². The van der Waals surface area contributed by atoms with E-state index < -0.39 is 5.60 Å². The Kier molecular flexibility index (Phi) is 3.87. The van der Waals surface area contributed by atoms with Crippen molar-refractivity contribution in [2.24, 2.45) is 65.1 Å². The molecule has 1 saturated heterocycles. The van der Waals surface area contributed by atoms with Crippen molar-refractivity contribution in [1.29, 1.82) is 0 Å². The van der Waals surface area contributed by atoms with E-state index in [-0.39, 0.29) is 41.6 Å². The van der Waals surface area contributed by atoms with Crippen molar-refractivity contribution in [3.05, 3.63) is 0 Å². The van der Waals surface area contributed by atoms with Crippen LogP contribution < -0.4 is 0 Å². The molecule has 4 saturated carbocycles. The highest BCUT2D eigenvalue weighted by atomic mass is 16.6. The van der Waals surface area contributed by atoms with Crippen LogP contribution in [0, 0.1) is 65.1 Å². The third kappa shape index (κ3) is 2.40. The van der Waals surface area contributed by atoms with Gasteiger partial charge in [0.15, 0.2) is 0 Å². The quantitative estimate of drug-likeness (QED) is 0.412. The number of hydrogen-bond acceptors (Lipinski definition) is 5. The first-order chi connectivity index (χ1) is 13.1. The van der Waals surface area contributed by atoms with Crippen LogP contribution >= 0.6 is 0 Å². The maximum atomic E-state index is 12.9. The third-order valence-electron chi connectivity index (χ3n) is 8.95. The smallest absolute Gasteiger partial charge is 0.317 e. The van der Waals surface area contributed by atoms with Gasteiger partial charge in [-0.1, -0.05) is 13.8 Å². The molecule has 11 atom stereocenters. The average Bonchev–Trinajstić information content (AvgIpc) is 3.33. The predicted molar refractivity (Wildman–Crippen MR) is 101 cm³/mol. The molecule has 5 nitrogen and oxygen atoms in total. The lowest BCUT2D eigenvalue weighted by molar-refractivity contribution is -0.165. The lowest BCUT2D eigenvalue weighted by atomic mass is 9.58. The molecule has 0 aromatic heterocycles. The van der Waals surface area contributed by atoms with Gasteiger partial charge in [-0.3, -0.25) is 14.4 Å². The molecule has 0 N–H and O–H groups in total. The zero-order chi connectivity index (χ0) is 20.1. The van der Waals surface area contributed by atoms with Gasteiger partial charge in [0.05, 0.1) is 17.8 Å². The lowest BCUT2D eigenvalue weighted by Gasteiger charge is -2.45. The number of ether oxygens (including phenoxy) is 2. The van der Waals surface area contributed by atoms with Crippen LogP contribution in [0.25, 0.3) is 0 Å². The van der Waals surface area contributed by atoms with Crippen LogP contribution in [0.3, 0.4) is 0 Å². The minimum Gasteiger partial charge on any atom is -0.460 e. The van der Waals surface area contributed by atoms with Crippen molar-refractivity contribution in [2.75, 3.05) is 0 Å². The summed E-state index contributed by atoms with van der Waals surface area (Å²) in [6, 6.07) is 0. The predicted octanol–water partition coefficient (Wildman–Crippen LogP) is 3.45. The first-order valence-corrected chi connectivity index (χ1v) is 11.1. The highest BCUT2D eigenvalue weighted by Gasteiger charge is 2.70.